The molecule has 4 rings (SSSR count). The number of rotatable bonds is 6. The normalized spacial score (nSPS) is 23.7. The number of amides is 1. The third-order valence-corrected chi connectivity index (χ3v) is 6.41. The highest BCUT2D eigenvalue weighted by Crippen LogP contribution is 2.46. The predicted molar refractivity (Wildman–Crippen MR) is 108 cm³/mol. The SMILES string of the molecule is Cc1cc(F)cc(C(=O)N2C[C@@H]3CN(Cc4cnn(C)c4)C[C@]3(CCC(=O)O)C2)c1. The van der Waals surface area contributed by atoms with Gasteiger partial charge in [0.2, 0.25) is 0 Å². The highest BCUT2D eigenvalue weighted by atomic mass is 19.1. The molecule has 2 fully saturated rings. The number of fused-ring (bicyclic) bond motifs is 1. The van der Waals surface area contributed by atoms with Gasteiger partial charge in [-0.25, -0.2) is 4.39 Å². The molecule has 1 N–H and O–H groups in total. The van der Waals surface area contributed by atoms with Crippen LogP contribution in [0.4, 0.5) is 4.39 Å². The Hall–Kier alpha value is -2.74. The molecule has 2 aromatic rings. The van der Waals surface area contributed by atoms with Crippen molar-refractivity contribution in [2.24, 2.45) is 18.4 Å². The lowest BCUT2D eigenvalue weighted by atomic mass is 9.77. The van der Waals surface area contributed by atoms with Crippen molar-refractivity contribution in [3.63, 3.8) is 0 Å². The van der Waals surface area contributed by atoms with Crippen LogP contribution in [0.15, 0.2) is 30.6 Å². The minimum Gasteiger partial charge on any atom is -0.481 e. The van der Waals surface area contributed by atoms with Crippen molar-refractivity contribution in [3.8, 4) is 0 Å². The number of carboxylic acids is 1. The van der Waals surface area contributed by atoms with Gasteiger partial charge in [0.25, 0.3) is 5.91 Å². The zero-order chi connectivity index (χ0) is 21.5. The maximum absolute atomic E-state index is 13.8. The quantitative estimate of drug-likeness (QED) is 0.785. The van der Waals surface area contributed by atoms with Crippen LogP contribution in [0.3, 0.4) is 0 Å². The minimum atomic E-state index is -0.820. The zero-order valence-electron chi connectivity index (χ0n) is 17.3. The molecule has 0 saturated carbocycles. The van der Waals surface area contributed by atoms with E-state index in [0.717, 1.165) is 25.2 Å². The summed E-state index contributed by atoms with van der Waals surface area (Å²) in [6.07, 6.45) is 4.45. The smallest absolute Gasteiger partial charge is 0.303 e. The van der Waals surface area contributed by atoms with Crippen LogP contribution in [0.25, 0.3) is 0 Å². The summed E-state index contributed by atoms with van der Waals surface area (Å²) in [5, 5.41) is 13.5. The van der Waals surface area contributed by atoms with Crippen LogP contribution in [0, 0.1) is 24.1 Å². The molecule has 2 saturated heterocycles. The van der Waals surface area contributed by atoms with Gasteiger partial charge < -0.3 is 10.0 Å². The van der Waals surface area contributed by atoms with Gasteiger partial charge in [0.15, 0.2) is 0 Å². The summed E-state index contributed by atoms with van der Waals surface area (Å²) in [5.74, 6) is -1.21. The van der Waals surface area contributed by atoms with Gasteiger partial charge in [0.05, 0.1) is 6.20 Å². The first kappa shape index (κ1) is 20.5. The molecule has 2 aliphatic heterocycles. The average Bonchev–Trinajstić information content (AvgIpc) is 3.31. The van der Waals surface area contributed by atoms with E-state index >= 15 is 0 Å². The summed E-state index contributed by atoms with van der Waals surface area (Å²) in [7, 11) is 1.88. The van der Waals surface area contributed by atoms with Crippen molar-refractivity contribution < 1.29 is 19.1 Å². The molecular formula is C22H27FN4O3. The van der Waals surface area contributed by atoms with E-state index in [1.807, 2.05) is 19.4 Å². The van der Waals surface area contributed by atoms with Gasteiger partial charge in [0, 0.05) is 68.9 Å². The van der Waals surface area contributed by atoms with Crippen LogP contribution in [-0.4, -0.2) is 62.7 Å². The molecule has 3 heterocycles. The van der Waals surface area contributed by atoms with Crippen LogP contribution >= 0.6 is 0 Å². The fraction of sp³-hybridized carbons (Fsp3) is 0.500. The van der Waals surface area contributed by atoms with Gasteiger partial charge in [-0.1, -0.05) is 0 Å². The maximum Gasteiger partial charge on any atom is 0.303 e. The number of carbonyl (C=O) groups is 2. The highest BCUT2D eigenvalue weighted by molar-refractivity contribution is 5.94. The van der Waals surface area contributed by atoms with Crippen molar-refractivity contribution in [1.29, 1.82) is 0 Å². The van der Waals surface area contributed by atoms with Crippen LogP contribution in [0.5, 0.6) is 0 Å². The van der Waals surface area contributed by atoms with Crippen molar-refractivity contribution >= 4 is 11.9 Å². The van der Waals surface area contributed by atoms with E-state index < -0.39 is 11.8 Å². The molecule has 0 unspecified atom stereocenters. The van der Waals surface area contributed by atoms with E-state index in [-0.39, 0.29) is 23.7 Å². The fourth-order valence-corrected chi connectivity index (χ4v) is 5.13. The lowest BCUT2D eigenvalue weighted by Crippen LogP contribution is -2.37. The topological polar surface area (TPSA) is 78.7 Å². The van der Waals surface area contributed by atoms with Gasteiger partial charge >= 0.3 is 5.97 Å². The number of carboxylic acid groups (broad SMARTS) is 1. The monoisotopic (exact) mass is 414 g/mol. The van der Waals surface area contributed by atoms with Crippen LogP contribution in [-0.2, 0) is 18.4 Å². The largest absolute Gasteiger partial charge is 0.481 e. The Morgan fingerprint density at radius 1 is 1.27 bits per heavy atom. The van der Waals surface area contributed by atoms with E-state index in [4.69, 9.17) is 0 Å². The summed E-state index contributed by atoms with van der Waals surface area (Å²) in [6, 6.07) is 4.39. The summed E-state index contributed by atoms with van der Waals surface area (Å²) < 4.78 is 15.6. The van der Waals surface area contributed by atoms with Gasteiger partial charge in [-0.15, -0.1) is 0 Å². The fourth-order valence-electron chi connectivity index (χ4n) is 5.13. The molecular weight excluding hydrogens is 387 g/mol. The summed E-state index contributed by atoms with van der Waals surface area (Å²) >= 11 is 0. The van der Waals surface area contributed by atoms with E-state index in [1.54, 1.807) is 22.6 Å². The van der Waals surface area contributed by atoms with Crippen molar-refractivity contribution in [1.82, 2.24) is 19.6 Å². The highest BCUT2D eigenvalue weighted by Gasteiger charge is 2.53. The second kappa shape index (κ2) is 7.83. The molecule has 1 aromatic heterocycles. The van der Waals surface area contributed by atoms with Crippen LogP contribution in [0.1, 0.15) is 34.3 Å². The number of carbonyl (C=O) groups excluding carboxylic acids is 1. The summed E-state index contributed by atoms with van der Waals surface area (Å²) in [5.41, 5.74) is 1.93. The van der Waals surface area contributed by atoms with Crippen LogP contribution in [0.2, 0.25) is 0 Å². The van der Waals surface area contributed by atoms with Crippen LogP contribution < -0.4 is 0 Å². The minimum absolute atomic E-state index is 0.0817. The zero-order valence-corrected chi connectivity index (χ0v) is 17.3. The number of hydrogen-bond donors (Lipinski definition) is 1. The lowest BCUT2D eigenvalue weighted by Gasteiger charge is -2.29. The first-order valence-electron chi connectivity index (χ1n) is 10.2. The Balaban J connectivity index is 1.51. The number of likely N-dealkylation sites (tertiary alicyclic amines) is 2. The second-order valence-electron chi connectivity index (χ2n) is 8.85. The third kappa shape index (κ3) is 4.09. The number of halogens is 1. The van der Waals surface area contributed by atoms with Crippen molar-refractivity contribution in [3.05, 3.63) is 53.1 Å². The Labute approximate surface area is 175 Å². The predicted octanol–water partition coefficient (Wildman–Crippen LogP) is 2.31. The number of benzene rings is 1. The van der Waals surface area contributed by atoms with E-state index in [0.29, 0.717) is 30.6 Å². The Bertz CT molecular complexity index is 955. The number of aliphatic carboxylic acids is 1. The van der Waals surface area contributed by atoms with Gasteiger partial charge in [0.1, 0.15) is 5.82 Å². The molecule has 7 nitrogen and oxygen atoms in total. The van der Waals surface area contributed by atoms with Crippen molar-refractivity contribution in [2.75, 3.05) is 26.2 Å². The Morgan fingerprint density at radius 3 is 2.73 bits per heavy atom. The average molecular weight is 414 g/mol. The molecule has 0 radical (unpaired) electrons. The molecule has 2 atom stereocenters. The van der Waals surface area contributed by atoms with E-state index in [2.05, 4.69) is 10.00 Å². The molecule has 0 aliphatic carbocycles. The van der Waals surface area contributed by atoms with E-state index in [9.17, 15) is 19.1 Å². The summed E-state index contributed by atoms with van der Waals surface area (Å²) in [4.78, 5) is 28.4. The molecule has 1 amide bonds. The molecule has 0 bridgehead atoms. The first-order chi connectivity index (χ1) is 14.2. The van der Waals surface area contributed by atoms with Crippen molar-refractivity contribution in [2.45, 2.75) is 26.3 Å². The number of hydrogen-bond acceptors (Lipinski definition) is 4. The number of aryl methyl sites for hydroxylation is 2. The standard InChI is InChI=1S/C22H27FN4O3/c1-15-5-17(7-19(23)6-15)21(30)27-12-18-11-26(10-16-8-24-25(2)9-16)13-22(18,14-27)4-3-20(28)29/h5-9,18H,3-4,10-14H2,1-2H3,(H,28,29)/t18-,22+/m0/s1. The van der Waals surface area contributed by atoms with Gasteiger partial charge in [-0.05, 0) is 43.0 Å². The molecule has 8 heteroatoms. The van der Waals surface area contributed by atoms with Gasteiger partial charge in [-0.3, -0.25) is 19.2 Å². The molecule has 30 heavy (non-hydrogen) atoms. The van der Waals surface area contributed by atoms with E-state index in [1.165, 1.54) is 12.1 Å². The first-order valence-corrected chi connectivity index (χ1v) is 10.2. The number of aromatic nitrogens is 2. The van der Waals surface area contributed by atoms with Gasteiger partial charge in [-0.2, -0.15) is 5.10 Å². The molecule has 160 valence electrons. The molecule has 2 aliphatic rings. The molecule has 1 aromatic carbocycles. The summed E-state index contributed by atoms with van der Waals surface area (Å²) in [6.45, 7) is 5.14. The second-order valence-corrected chi connectivity index (χ2v) is 8.85. The molecule has 0 spiro atoms. The Morgan fingerprint density at radius 2 is 2.07 bits per heavy atom. The lowest BCUT2D eigenvalue weighted by molar-refractivity contribution is -0.137. The number of nitrogens with zero attached hydrogens (tertiary/aromatic N) is 4. The Kier molecular flexibility index (Phi) is 5.36. The third-order valence-electron chi connectivity index (χ3n) is 6.41. The maximum atomic E-state index is 13.8.